The second-order valence-corrected chi connectivity index (χ2v) is 4.70. The van der Waals surface area contributed by atoms with Crippen LogP contribution in [0.1, 0.15) is 10.4 Å². The highest BCUT2D eigenvalue weighted by Crippen LogP contribution is 2.21. The number of rotatable bonds is 3. The van der Waals surface area contributed by atoms with E-state index in [0.717, 1.165) is 10.9 Å². The molecular formula is C16H14N4O2. The summed E-state index contributed by atoms with van der Waals surface area (Å²) in [6, 6.07) is 13.8. The minimum absolute atomic E-state index is 0.0323. The molecule has 0 spiro atoms. The van der Waals surface area contributed by atoms with E-state index in [4.69, 9.17) is 16.2 Å². The van der Waals surface area contributed by atoms with Crippen molar-refractivity contribution in [3.63, 3.8) is 0 Å². The zero-order valence-electron chi connectivity index (χ0n) is 11.6. The van der Waals surface area contributed by atoms with Gasteiger partial charge in [0.25, 0.3) is 0 Å². The van der Waals surface area contributed by atoms with Crippen molar-refractivity contribution in [2.45, 2.75) is 0 Å². The molecule has 2 aromatic carbocycles. The first-order valence-electron chi connectivity index (χ1n) is 6.61. The van der Waals surface area contributed by atoms with Gasteiger partial charge in [-0.3, -0.25) is 0 Å². The number of hydrogen-bond donors (Lipinski definition) is 3. The molecule has 0 aliphatic heterocycles. The normalized spacial score (nSPS) is 10.4. The summed E-state index contributed by atoms with van der Waals surface area (Å²) >= 11 is 0. The van der Waals surface area contributed by atoms with Crippen LogP contribution in [-0.4, -0.2) is 16.9 Å². The van der Waals surface area contributed by atoms with Gasteiger partial charge in [-0.05, 0) is 48.5 Å². The van der Waals surface area contributed by atoms with E-state index in [2.05, 4.69) is 9.98 Å². The highest BCUT2D eigenvalue weighted by Gasteiger charge is 2.09. The zero-order chi connectivity index (χ0) is 15.5. The van der Waals surface area contributed by atoms with Crippen LogP contribution in [0.4, 0.5) is 5.69 Å². The van der Waals surface area contributed by atoms with E-state index in [1.54, 1.807) is 36.4 Å². The van der Waals surface area contributed by atoms with Crippen LogP contribution in [0.25, 0.3) is 10.9 Å². The quantitative estimate of drug-likeness (QED) is 0.298. The lowest BCUT2D eigenvalue weighted by molar-refractivity contribution is 0.0735. The molecule has 3 rings (SSSR count). The van der Waals surface area contributed by atoms with E-state index >= 15 is 0 Å². The average molecular weight is 294 g/mol. The number of benzene rings is 2. The molecule has 6 nitrogen and oxygen atoms in total. The molecule has 0 bridgehead atoms. The van der Waals surface area contributed by atoms with Gasteiger partial charge in [-0.25, -0.2) is 9.79 Å². The van der Waals surface area contributed by atoms with E-state index in [1.807, 2.05) is 18.3 Å². The summed E-state index contributed by atoms with van der Waals surface area (Å²) in [5, 5.41) is 0.980. The Bertz CT molecular complexity index is 846. The molecule has 1 aromatic heterocycles. The highest BCUT2D eigenvalue weighted by molar-refractivity contribution is 5.92. The molecular weight excluding hydrogens is 280 g/mol. The van der Waals surface area contributed by atoms with E-state index in [-0.39, 0.29) is 5.96 Å². The third-order valence-electron chi connectivity index (χ3n) is 3.10. The second kappa shape index (κ2) is 5.61. The number of carbonyl (C=O) groups excluding carboxylic acids is 1. The Hall–Kier alpha value is -3.28. The van der Waals surface area contributed by atoms with E-state index in [9.17, 15) is 4.79 Å². The Balaban J connectivity index is 1.77. The molecule has 1 heterocycles. The Labute approximate surface area is 126 Å². The summed E-state index contributed by atoms with van der Waals surface area (Å²) in [5.41, 5.74) is 12.6. The molecule has 0 saturated carbocycles. The Kier molecular flexibility index (Phi) is 3.49. The van der Waals surface area contributed by atoms with E-state index in [1.165, 1.54) is 0 Å². The first-order valence-corrected chi connectivity index (χ1v) is 6.61. The van der Waals surface area contributed by atoms with Gasteiger partial charge >= 0.3 is 5.97 Å². The fourth-order valence-corrected chi connectivity index (χ4v) is 2.08. The number of aromatic amines is 1. The SMILES string of the molecule is NC(N)=Nc1ccc(C(=O)Oc2ccc3[nH]ccc3c2)cc1. The van der Waals surface area contributed by atoms with Crippen LogP contribution in [0, 0.1) is 0 Å². The first kappa shape index (κ1) is 13.7. The largest absolute Gasteiger partial charge is 0.423 e. The number of hydrogen-bond acceptors (Lipinski definition) is 3. The average Bonchev–Trinajstić information content (AvgIpc) is 2.95. The third-order valence-corrected chi connectivity index (χ3v) is 3.10. The van der Waals surface area contributed by atoms with E-state index in [0.29, 0.717) is 17.0 Å². The molecule has 0 unspecified atom stereocenters. The van der Waals surface area contributed by atoms with Crippen LogP contribution in [0.3, 0.4) is 0 Å². The fourth-order valence-electron chi connectivity index (χ4n) is 2.08. The lowest BCUT2D eigenvalue weighted by atomic mass is 10.2. The molecule has 3 aromatic rings. The summed E-state index contributed by atoms with van der Waals surface area (Å²) in [7, 11) is 0. The molecule has 0 saturated heterocycles. The smallest absolute Gasteiger partial charge is 0.343 e. The van der Waals surface area contributed by atoms with Gasteiger partial charge < -0.3 is 21.2 Å². The number of ether oxygens (including phenoxy) is 1. The van der Waals surface area contributed by atoms with Crippen LogP contribution >= 0.6 is 0 Å². The molecule has 22 heavy (non-hydrogen) atoms. The van der Waals surface area contributed by atoms with Crippen LogP contribution in [-0.2, 0) is 0 Å². The number of nitrogens with one attached hydrogen (secondary N) is 1. The predicted octanol–water partition coefficient (Wildman–Crippen LogP) is 2.29. The Morgan fingerprint density at radius 3 is 2.55 bits per heavy atom. The van der Waals surface area contributed by atoms with Crippen molar-refractivity contribution in [1.29, 1.82) is 0 Å². The Morgan fingerprint density at radius 2 is 1.82 bits per heavy atom. The number of aromatic nitrogens is 1. The first-order chi connectivity index (χ1) is 10.6. The van der Waals surface area contributed by atoms with Gasteiger partial charge in [-0.2, -0.15) is 0 Å². The maximum Gasteiger partial charge on any atom is 0.343 e. The minimum atomic E-state index is -0.439. The number of esters is 1. The van der Waals surface area contributed by atoms with Crippen molar-refractivity contribution in [3.8, 4) is 5.75 Å². The molecule has 0 radical (unpaired) electrons. The monoisotopic (exact) mass is 294 g/mol. The Morgan fingerprint density at radius 1 is 1.05 bits per heavy atom. The number of nitrogens with zero attached hydrogens (tertiary/aromatic N) is 1. The number of aliphatic imine (C=N–C) groups is 1. The molecule has 110 valence electrons. The summed E-state index contributed by atoms with van der Waals surface area (Å²) < 4.78 is 5.36. The van der Waals surface area contributed by atoms with Gasteiger partial charge in [0.1, 0.15) is 5.75 Å². The zero-order valence-corrected chi connectivity index (χ0v) is 11.6. The van der Waals surface area contributed by atoms with Crippen LogP contribution in [0.5, 0.6) is 5.75 Å². The molecule has 0 aliphatic rings. The predicted molar refractivity (Wildman–Crippen MR) is 85.2 cm³/mol. The van der Waals surface area contributed by atoms with E-state index < -0.39 is 5.97 Å². The van der Waals surface area contributed by atoms with Crippen LogP contribution in [0.15, 0.2) is 59.7 Å². The molecule has 0 fully saturated rings. The summed E-state index contributed by atoms with van der Waals surface area (Å²) in [6.07, 6.45) is 1.83. The minimum Gasteiger partial charge on any atom is -0.423 e. The summed E-state index contributed by atoms with van der Waals surface area (Å²) in [5.74, 6) is 0.0201. The molecule has 5 N–H and O–H groups in total. The van der Waals surface area contributed by atoms with Gasteiger partial charge in [-0.1, -0.05) is 0 Å². The van der Waals surface area contributed by atoms with Crippen molar-refractivity contribution in [2.24, 2.45) is 16.5 Å². The summed E-state index contributed by atoms with van der Waals surface area (Å²) in [4.78, 5) is 19.1. The standard InChI is InChI=1S/C16H14N4O2/c17-16(18)20-12-3-1-10(2-4-12)15(21)22-13-5-6-14-11(9-13)7-8-19-14/h1-9,19H,(H4,17,18,20). The van der Waals surface area contributed by atoms with Gasteiger partial charge in [0.05, 0.1) is 11.3 Å². The number of fused-ring (bicyclic) bond motifs is 1. The molecule has 6 heteroatoms. The van der Waals surface area contributed by atoms with Gasteiger partial charge in [0.15, 0.2) is 5.96 Å². The molecule has 0 atom stereocenters. The van der Waals surface area contributed by atoms with Crippen molar-refractivity contribution >= 4 is 28.5 Å². The van der Waals surface area contributed by atoms with Crippen LogP contribution < -0.4 is 16.2 Å². The number of carbonyl (C=O) groups is 1. The topological polar surface area (TPSA) is 106 Å². The van der Waals surface area contributed by atoms with Crippen molar-refractivity contribution < 1.29 is 9.53 Å². The summed E-state index contributed by atoms with van der Waals surface area (Å²) in [6.45, 7) is 0. The third kappa shape index (κ3) is 2.90. The lowest BCUT2D eigenvalue weighted by Gasteiger charge is -2.05. The van der Waals surface area contributed by atoms with Crippen LogP contribution in [0.2, 0.25) is 0 Å². The highest BCUT2D eigenvalue weighted by atomic mass is 16.5. The van der Waals surface area contributed by atoms with Gasteiger partial charge in [0, 0.05) is 17.1 Å². The maximum atomic E-state index is 12.1. The number of nitrogens with two attached hydrogens (primary N) is 2. The maximum absolute atomic E-state index is 12.1. The van der Waals surface area contributed by atoms with Gasteiger partial charge in [0.2, 0.25) is 0 Å². The second-order valence-electron chi connectivity index (χ2n) is 4.70. The van der Waals surface area contributed by atoms with Crippen molar-refractivity contribution in [2.75, 3.05) is 0 Å². The number of guanidine groups is 1. The molecule has 0 aliphatic carbocycles. The number of H-pyrrole nitrogens is 1. The van der Waals surface area contributed by atoms with Gasteiger partial charge in [-0.15, -0.1) is 0 Å². The lowest BCUT2D eigenvalue weighted by Crippen LogP contribution is -2.21. The molecule has 0 amide bonds. The van der Waals surface area contributed by atoms with Crippen molar-refractivity contribution in [1.82, 2.24) is 4.98 Å². The fraction of sp³-hybridized carbons (Fsp3) is 0. The van der Waals surface area contributed by atoms with Crippen molar-refractivity contribution in [3.05, 3.63) is 60.3 Å².